The van der Waals surface area contributed by atoms with Crippen LogP contribution in [-0.4, -0.2) is 19.1 Å². The second-order valence-electron chi connectivity index (χ2n) is 15.4. The summed E-state index contributed by atoms with van der Waals surface area (Å²) >= 11 is 0. The number of aryl methyl sites for hydroxylation is 2. The summed E-state index contributed by atoms with van der Waals surface area (Å²) in [4.78, 5) is 9.91. The second kappa shape index (κ2) is 16.0. The van der Waals surface area contributed by atoms with Crippen molar-refractivity contribution >= 4 is 43.6 Å². The minimum atomic E-state index is 1.000. The molecule has 4 heterocycles. The van der Waals surface area contributed by atoms with Crippen molar-refractivity contribution in [2.75, 3.05) is 0 Å². The fourth-order valence-corrected chi connectivity index (χ4v) is 8.61. The van der Waals surface area contributed by atoms with Crippen molar-refractivity contribution < 1.29 is 0 Å². The highest BCUT2D eigenvalue weighted by molar-refractivity contribution is 6.18. The van der Waals surface area contributed by atoms with Crippen LogP contribution in [0.25, 0.3) is 88.4 Å². The highest BCUT2D eigenvalue weighted by atomic mass is 15.0. The van der Waals surface area contributed by atoms with Gasteiger partial charge in [-0.05, 0) is 60.4 Å². The normalized spacial score (nSPS) is 11.8. The Hall–Kier alpha value is -6.00. The number of pyridine rings is 2. The van der Waals surface area contributed by atoms with E-state index >= 15 is 0 Å². The number of unbranched alkanes of at least 4 members (excludes halogenated alkanes) is 6. The molecule has 0 aliphatic rings. The number of fused-ring (bicyclic) bond motifs is 6. The minimum absolute atomic E-state index is 1.000. The summed E-state index contributed by atoms with van der Waals surface area (Å²) in [7, 11) is 0. The molecule has 0 atom stereocenters. The lowest BCUT2D eigenvalue weighted by molar-refractivity contribution is 0.602. The van der Waals surface area contributed by atoms with Gasteiger partial charge in [-0.2, -0.15) is 0 Å². The molecule has 56 heavy (non-hydrogen) atoms. The summed E-state index contributed by atoms with van der Waals surface area (Å²) in [6.45, 7) is 6.58. The lowest BCUT2D eigenvalue weighted by Crippen LogP contribution is -1.99. The van der Waals surface area contributed by atoms with Crippen LogP contribution in [0, 0.1) is 0 Å². The van der Waals surface area contributed by atoms with Crippen molar-refractivity contribution in [3.63, 3.8) is 0 Å². The Labute approximate surface area is 330 Å². The number of aromatic nitrogens is 4. The van der Waals surface area contributed by atoms with Crippen LogP contribution in [0.1, 0.15) is 65.2 Å². The maximum Gasteiger partial charge on any atom is 0.0703 e. The van der Waals surface area contributed by atoms with Gasteiger partial charge in [0.05, 0.1) is 11.4 Å². The molecule has 9 rings (SSSR count). The van der Waals surface area contributed by atoms with Gasteiger partial charge in [0.2, 0.25) is 0 Å². The molecule has 4 heteroatoms. The molecule has 0 N–H and O–H groups in total. The Balaban J connectivity index is 1.16. The molecule has 0 spiro atoms. The van der Waals surface area contributed by atoms with Gasteiger partial charge in [-0.1, -0.05) is 149 Å². The third-order valence-corrected chi connectivity index (χ3v) is 11.7. The van der Waals surface area contributed by atoms with E-state index in [-0.39, 0.29) is 0 Å². The highest BCUT2D eigenvalue weighted by Gasteiger charge is 2.19. The van der Waals surface area contributed by atoms with Crippen LogP contribution in [0.3, 0.4) is 0 Å². The van der Waals surface area contributed by atoms with E-state index in [1.54, 1.807) is 0 Å². The number of nitrogens with zero attached hydrogens (tertiary/aromatic N) is 4. The van der Waals surface area contributed by atoms with Gasteiger partial charge >= 0.3 is 0 Å². The van der Waals surface area contributed by atoms with Gasteiger partial charge in [0.1, 0.15) is 0 Å². The smallest absolute Gasteiger partial charge is 0.0703 e. The van der Waals surface area contributed by atoms with Crippen LogP contribution in [0.5, 0.6) is 0 Å². The molecule has 0 bridgehead atoms. The summed E-state index contributed by atoms with van der Waals surface area (Å²) in [6, 6.07) is 48.7. The fraction of sp³-hybridized carbons (Fsp3) is 0.231. The Bertz CT molecular complexity index is 2550. The molecule has 278 valence electrons. The lowest BCUT2D eigenvalue weighted by Gasteiger charge is -2.10. The van der Waals surface area contributed by atoms with Crippen LogP contribution in [-0.2, 0) is 13.1 Å². The number of rotatable bonds is 14. The summed E-state index contributed by atoms with van der Waals surface area (Å²) < 4.78 is 5.19. The van der Waals surface area contributed by atoms with Crippen molar-refractivity contribution in [2.24, 2.45) is 0 Å². The van der Waals surface area contributed by atoms with Crippen LogP contribution in [0.2, 0.25) is 0 Å². The first-order chi connectivity index (χ1) is 27.7. The average Bonchev–Trinajstić information content (AvgIpc) is 3.73. The first kappa shape index (κ1) is 35.7. The molecule has 0 amide bonds. The van der Waals surface area contributed by atoms with Gasteiger partial charge in [-0.3, -0.25) is 9.97 Å². The third kappa shape index (κ3) is 6.90. The Morgan fingerprint density at radius 3 is 1.16 bits per heavy atom. The monoisotopic (exact) mass is 730 g/mol. The SMILES string of the molecule is CCCCCCn1c2cc(-c3ccc(-c4ccccc4)cn3)ccc2c2cc3c(cc21)c1ccc(-c2ccc(-c4ccccc4)cn2)cc1n3CCCCCC. The molecule has 0 fully saturated rings. The van der Waals surface area contributed by atoms with E-state index in [0.29, 0.717) is 0 Å². The average molecular weight is 731 g/mol. The van der Waals surface area contributed by atoms with Crippen LogP contribution < -0.4 is 0 Å². The van der Waals surface area contributed by atoms with Crippen LogP contribution in [0.15, 0.2) is 146 Å². The van der Waals surface area contributed by atoms with Gasteiger partial charge in [0.25, 0.3) is 0 Å². The molecule has 9 aromatic rings. The zero-order valence-corrected chi connectivity index (χ0v) is 32.7. The van der Waals surface area contributed by atoms with E-state index in [9.17, 15) is 0 Å². The number of benzene rings is 5. The second-order valence-corrected chi connectivity index (χ2v) is 15.4. The van der Waals surface area contributed by atoms with E-state index in [0.717, 1.165) is 59.6 Å². The third-order valence-electron chi connectivity index (χ3n) is 11.7. The molecule has 4 aromatic heterocycles. The Morgan fingerprint density at radius 1 is 0.357 bits per heavy atom. The highest BCUT2D eigenvalue weighted by Crippen LogP contribution is 2.40. The van der Waals surface area contributed by atoms with E-state index in [1.807, 2.05) is 12.4 Å². The quantitative estimate of drug-likeness (QED) is 0.104. The van der Waals surface area contributed by atoms with Gasteiger partial charge in [-0.15, -0.1) is 0 Å². The topological polar surface area (TPSA) is 35.6 Å². The van der Waals surface area contributed by atoms with E-state index in [2.05, 4.69) is 156 Å². The lowest BCUT2D eigenvalue weighted by atomic mass is 10.0. The molecular formula is C52H50N4. The molecule has 0 aliphatic carbocycles. The van der Waals surface area contributed by atoms with E-state index in [1.165, 1.54) is 93.3 Å². The summed E-state index contributed by atoms with van der Waals surface area (Å²) in [5, 5.41) is 5.29. The Kier molecular flexibility index (Phi) is 10.2. The number of hydrogen-bond donors (Lipinski definition) is 0. The van der Waals surface area contributed by atoms with Crippen molar-refractivity contribution in [1.82, 2.24) is 19.1 Å². The first-order valence-electron chi connectivity index (χ1n) is 20.8. The molecule has 0 aliphatic heterocycles. The molecule has 0 saturated heterocycles. The zero-order chi connectivity index (χ0) is 37.8. The predicted octanol–water partition coefficient (Wildman–Crippen LogP) is 14.5. The molecular weight excluding hydrogens is 681 g/mol. The summed E-state index contributed by atoms with van der Waals surface area (Å²) in [5.74, 6) is 0. The molecule has 5 aromatic carbocycles. The van der Waals surface area contributed by atoms with Crippen LogP contribution in [0.4, 0.5) is 0 Å². The first-order valence-corrected chi connectivity index (χ1v) is 20.8. The van der Waals surface area contributed by atoms with Gasteiger partial charge in [-0.25, -0.2) is 0 Å². The predicted molar refractivity (Wildman–Crippen MR) is 238 cm³/mol. The summed E-state index contributed by atoms with van der Waals surface area (Å²) in [6.07, 6.45) is 13.8. The van der Waals surface area contributed by atoms with Crippen molar-refractivity contribution in [1.29, 1.82) is 0 Å². The zero-order valence-electron chi connectivity index (χ0n) is 32.7. The largest absolute Gasteiger partial charge is 0.340 e. The Morgan fingerprint density at radius 2 is 0.768 bits per heavy atom. The van der Waals surface area contributed by atoms with Gasteiger partial charge < -0.3 is 9.13 Å². The minimum Gasteiger partial charge on any atom is -0.340 e. The molecule has 0 unspecified atom stereocenters. The molecule has 0 radical (unpaired) electrons. The van der Waals surface area contributed by atoms with Gasteiger partial charge in [0, 0.05) is 91.3 Å². The molecule has 0 saturated carbocycles. The van der Waals surface area contributed by atoms with E-state index in [4.69, 9.17) is 9.97 Å². The van der Waals surface area contributed by atoms with E-state index < -0.39 is 0 Å². The van der Waals surface area contributed by atoms with Crippen molar-refractivity contribution in [2.45, 2.75) is 78.3 Å². The maximum atomic E-state index is 4.96. The number of hydrogen-bond acceptors (Lipinski definition) is 2. The summed E-state index contributed by atoms with van der Waals surface area (Å²) in [5.41, 5.74) is 14.2. The fourth-order valence-electron chi connectivity index (χ4n) is 8.61. The molecule has 4 nitrogen and oxygen atoms in total. The van der Waals surface area contributed by atoms with Crippen LogP contribution >= 0.6 is 0 Å². The van der Waals surface area contributed by atoms with Crippen molar-refractivity contribution in [3.05, 3.63) is 146 Å². The van der Waals surface area contributed by atoms with Gasteiger partial charge in [0.15, 0.2) is 0 Å². The van der Waals surface area contributed by atoms with Crippen molar-refractivity contribution in [3.8, 4) is 44.8 Å². The standard InChI is InChI=1S/C52H50N4/c1-3-5-7-15-29-55-49-31-39(47-27-23-41(35-53-47)37-17-11-9-12-18-37)21-25-43(49)45-34-52-46(33-51(45)55)44-26-22-40(32-50(44)56(52)30-16-8-6-4-2)48-28-24-42(36-54-48)38-19-13-10-14-20-38/h9-14,17-28,31-36H,3-8,15-16,29-30H2,1-2H3. The maximum absolute atomic E-state index is 4.96.